The van der Waals surface area contributed by atoms with Gasteiger partial charge in [-0.1, -0.05) is 12.1 Å². The van der Waals surface area contributed by atoms with Gasteiger partial charge in [0.25, 0.3) is 0 Å². The molecule has 2 atom stereocenters. The van der Waals surface area contributed by atoms with Crippen LogP contribution in [0.25, 0.3) is 0 Å². The third-order valence-electron chi connectivity index (χ3n) is 4.07. The lowest BCUT2D eigenvalue weighted by molar-refractivity contribution is -0.137. The Kier molecular flexibility index (Phi) is 4.45. The first-order valence-electron chi connectivity index (χ1n) is 7.69. The summed E-state index contributed by atoms with van der Waals surface area (Å²) < 4.78 is 44.5. The first kappa shape index (κ1) is 16.7. The molecule has 2 aromatic rings. The van der Waals surface area contributed by atoms with Gasteiger partial charge >= 0.3 is 6.18 Å². The van der Waals surface area contributed by atoms with Crippen LogP contribution in [0.5, 0.6) is 0 Å². The number of halogens is 3. The lowest BCUT2D eigenvalue weighted by atomic mass is 10.0. The van der Waals surface area contributed by atoms with Crippen LogP contribution in [0.15, 0.2) is 36.5 Å². The highest BCUT2D eigenvalue weighted by Gasteiger charge is 2.33. The number of hydrogen-bond acceptors (Lipinski definition) is 4. The Balaban J connectivity index is 1.86. The maximum atomic E-state index is 12.9. The summed E-state index contributed by atoms with van der Waals surface area (Å²) in [6, 6.07) is 7.20. The zero-order valence-electron chi connectivity index (χ0n) is 13.4. The maximum Gasteiger partial charge on any atom is 0.416 e. The molecule has 3 rings (SSSR count). The summed E-state index contributed by atoms with van der Waals surface area (Å²) in [4.78, 5) is 10.5. The van der Waals surface area contributed by atoms with Crippen LogP contribution in [-0.4, -0.2) is 29.2 Å². The van der Waals surface area contributed by atoms with E-state index in [2.05, 4.69) is 9.97 Å². The molecular weight excluding hydrogens is 319 g/mol. The summed E-state index contributed by atoms with van der Waals surface area (Å²) in [5.74, 6) is 1.41. The number of benzene rings is 1. The number of aromatic nitrogens is 2. The molecule has 0 spiro atoms. The van der Waals surface area contributed by atoms with Crippen LogP contribution < -0.4 is 4.90 Å². The van der Waals surface area contributed by atoms with Gasteiger partial charge in [-0.15, -0.1) is 0 Å². The van der Waals surface area contributed by atoms with Gasteiger partial charge in [0, 0.05) is 6.20 Å². The van der Waals surface area contributed by atoms with Crippen molar-refractivity contribution in [2.24, 2.45) is 0 Å². The number of alkyl halides is 3. The monoisotopic (exact) mass is 337 g/mol. The van der Waals surface area contributed by atoms with Crippen molar-refractivity contribution in [2.45, 2.75) is 32.2 Å². The molecule has 0 N–H and O–H groups in total. The van der Waals surface area contributed by atoms with E-state index < -0.39 is 17.8 Å². The lowest BCUT2D eigenvalue weighted by Crippen LogP contribution is -2.45. The fourth-order valence-corrected chi connectivity index (χ4v) is 2.80. The quantitative estimate of drug-likeness (QED) is 0.836. The molecule has 1 aliphatic heterocycles. The van der Waals surface area contributed by atoms with Crippen LogP contribution in [-0.2, 0) is 10.9 Å². The molecule has 0 aliphatic carbocycles. The van der Waals surface area contributed by atoms with Crippen LogP contribution in [0, 0.1) is 6.92 Å². The minimum Gasteiger partial charge on any atom is -0.370 e. The molecule has 7 heteroatoms. The zero-order valence-corrected chi connectivity index (χ0v) is 13.4. The van der Waals surface area contributed by atoms with Crippen molar-refractivity contribution >= 4 is 5.82 Å². The summed E-state index contributed by atoms with van der Waals surface area (Å²) in [7, 11) is 0. The Labute approximate surface area is 138 Å². The predicted octanol–water partition coefficient (Wildman–Crippen LogP) is 3.77. The molecule has 1 saturated heterocycles. The van der Waals surface area contributed by atoms with Gasteiger partial charge in [-0.2, -0.15) is 13.2 Å². The molecule has 0 bridgehead atoms. The average Bonchev–Trinajstić information content (AvgIpc) is 2.54. The van der Waals surface area contributed by atoms with Gasteiger partial charge in [0.15, 0.2) is 0 Å². The molecule has 2 heterocycles. The average molecular weight is 337 g/mol. The Bertz CT molecular complexity index is 720. The number of aryl methyl sites for hydroxylation is 1. The highest BCUT2D eigenvalue weighted by atomic mass is 19.4. The third kappa shape index (κ3) is 3.51. The second-order valence-electron chi connectivity index (χ2n) is 5.91. The second kappa shape index (κ2) is 6.39. The Morgan fingerprint density at radius 2 is 2.04 bits per heavy atom. The second-order valence-corrected chi connectivity index (χ2v) is 5.91. The van der Waals surface area contributed by atoms with Gasteiger partial charge in [-0.05, 0) is 37.6 Å². The van der Waals surface area contributed by atoms with Gasteiger partial charge in [0.2, 0.25) is 0 Å². The first-order chi connectivity index (χ1) is 11.3. The molecule has 1 aromatic carbocycles. The van der Waals surface area contributed by atoms with Crippen LogP contribution in [0.1, 0.15) is 30.0 Å². The summed E-state index contributed by atoms with van der Waals surface area (Å²) >= 11 is 0. The van der Waals surface area contributed by atoms with Crippen LogP contribution in [0.3, 0.4) is 0 Å². The van der Waals surface area contributed by atoms with E-state index in [9.17, 15) is 13.2 Å². The van der Waals surface area contributed by atoms with E-state index in [1.165, 1.54) is 6.07 Å². The molecule has 4 nitrogen and oxygen atoms in total. The summed E-state index contributed by atoms with van der Waals surface area (Å²) in [5, 5.41) is 0. The molecule has 1 aromatic heterocycles. The topological polar surface area (TPSA) is 38.2 Å². The molecule has 0 saturated carbocycles. The molecule has 1 fully saturated rings. The lowest BCUT2D eigenvalue weighted by Gasteiger charge is -2.39. The molecular formula is C17H18F3N3O. The minimum absolute atomic E-state index is 0.0846. The van der Waals surface area contributed by atoms with Crippen LogP contribution >= 0.6 is 0 Å². The fraction of sp³-hybridized carbons (Fsp3) is 0.412. The number of anilines is 1. The highest BCUT2D eigenvalue weighted by Crippen LogP contribution is 2.33. The SMILES string of the molecule is Cc1nccc(N2C[C@H](c3cccc(C(F)(F)F)c3)OC[C@@H]2C)n1. The van der Waals surface area contributed by atoms with E-state index in [-0.39, 0.29) is 6.04 Å². The fourth-order valence-electron chi connectivity index (χ4n) is 2.80. The minimum atomic E-state index is -4.36. The zero-order chi connectivity index (χ0) is 17.3. The molecule has 0 radical (unpaired) electrons. The predicted molar refractivity (Wildman–Crippen MR) is 83.7 cm³/mol. The maximum absolute atomic E-state index is 12.9. The number of hydrogen-bond donors (Lipinski definition) is 0. The van der Waals surface area contributed by atoms with Crippen molar-refractivity contribution in [1.82, 2.24) is 9.97 Å². The summed E-state index contributed by atoms with van der Waals surface area (Å²) in [6.45, 7) is 4.67. The number of rotatable bonds is 2. The Hall–Kier alpha value is -2.15. The van der Waals surface area contributed by atoms with Crippen molar-refractivity contribution in [2.75, 3.05) is 18.1 Å². The van der Waals surface area contributed by atoms with E-state index in [0.29, 0.717) is 24.5 Å². The molecule has 128 valence electrons. The van der Waals surface area contributed by atoms with Gasteiger partial charge in [0.05, 0.1) is 24.8 Å². The van der Waals surface area contributed by atoms with E-state index in [4.69, 9.17) is 4.74 Å². The van der Waals surface area contributed by atoms with E-state index in [1.807, 2.05) is 11.8 Å². The van der Waals surface area contributed by atoms with Gasteiger partial charge in [-0.25, -0.2) is 9.97 Å². The first-order valence-corrected chi connectivity index (χ1v) is 7.69. The Morgan fingerprint density at radius 3 is 2.75 bits per heavy atom. The standard InChI is InChI=1S/C17H18F3N3O/c1-11-10-24-15(9-23(11)16-6-7-21-12(2)22-16)13-4-3-5-14(8-13)17(18,19)20/h3-8,11,15H,9-10H2,1-2H3/t11-,15+/m0/s1. The molecule has 1 aliphatic rings. The summed E-state index contributed by atoms with van der Waals surface area (Å²) in [5.41, 5.74) is -0.140. The van der Waals surface area contributed by atoms with Gasteiger partial charge in [0.1, 0.15) is 17.7 Å². The number of morpholine rings is 1. The smallest absolute Gasteiger partial charge is 0.370 e. The van der Waals surface area contributed by atoms with Crippen molar-refractivity contribution < 1.29 is 17.9 Å². The van der Waals surface area contributed by atoms with Crippen molar-refractivity contribution in [3.63, 3.8) is 0 Å². The summed E-state index contributed by atoms with van der Waals surface area (Å²) in [6.07, 6.45) is -3.11. The van der Waals surface area contributed by atoms with Gasteiger partial charge in [-0.3, -0.25) is 0 Å². The van der Waals surface area contributed by atoms with E-state index in [1.54, 1.807) is 25.3 Å². The van der Waals surface area contributed by atoms with Gasteiger partial charge < -0.3 is 9.64 Å². The molecule has 0 amide bonds. The van der Waals surface area contributed by atoms with E-state index >= 15 is 0 Å². The molecule has 24 heavy (non-hydrogen) atoms. The number of ether oxygens (including phenoxy) is 1. The third-order valence-corrected chi connectivity index (χ3v) is 4.07. The number of nitrogens with zero attached hydrogens (tertiary/aromatic N) is 3. The largest absolute Gasteiger partial charge is 0.416 e. The normalized spacial score (nSPS) is 21.8. The van der Waals surface area contributed by atoms with Crippen LogP contribution in [0.4, 0.5) is 19.0 Å². The van der Waals surface area contributed by atoms with E-state index in [0.717, 1.165) is 18.0 Å². The van der Waals surface area contributed by atoms with Crippen molar-refractivity contribution in [3.8, 4) is 0 Å². The highest BCUT2D eigenvalue weighted by molar-refractivity contribution is 5.41. The van der Waals surface area contributed by atoms with Crippen molar-refractivity contribution in [3.05, 3.63) is 53.5 Å². The molecule has 0 unspecified atom stereocenters. The van der Waals surface area contributed by atoms with Crippen LogP contribution in [0.2, 0.25) is 0 Å². The van der Waals surface area contributed by atoms with Crippen molar-refractivity contribution in [1.29, 1.82) is 0 Å². The Morgan fingerprint density at radius 1 is 1.25 bits per heavy atom.